The molecular weight excluding hydrogens is 440 g/mol. The number of aryl methyl sites for hydroxylation is 2. The van der Waals surface area contributed by atoms with Crippen LogP contribution in [0.5, 0.6) is 0 Å². The highest BCUT2D eigenvalue weighted by molar-refractivity contribution is 7.92. The number of hydrogen-bond donors (Lipinski definition) is 2. The quantitative estimate of drug-likeness (QED) is 0.428. The molecule has 164 valence electrons. The van der Waals surface area contributed by atoms with Gasteiger partial charge in [-0.3, -0.25) is 4.72 Å². The third kappa shape index (κ3) is 3.80. The number of anilines is 2. The van der Waals surface area contributed by atoms with Gasteiger partial charge in [0.15, 0.2) is 0 Å². The molecule has 0 spiro atoms. The molecule has 1 heterocycles. The van der Waals surface area contributed by atoms with Crippen LogP contribution in [-0.4, -0.2) is 8.42 Å². The van der Waals surface area contributed by atoms with Crippen LogP contribution in [0.3, 0.4) is 0 Å². The van der Waals surface area contributed by atoms with E-state index in [9.17, 15) is 8.42 Å². The fourth-order valence-electron chi connectivity index (χ4n) is 4.82. The molecule has 4 nitrogen and oxygen atoms in total. The van der Waals surface area contributed by atoms with E-state index in [4.69, 9.17) is 11.6 Å². The Bertz CT molecular complexity index is 1330. The number of rotatable bonds is 4. The van der Waals surface area contributed by atoms with Crippen molar-refractivity contribution in [1.29, 1.82) is 0 Å². The first-order valence-electron chi connectivity index (χ1n) is 10.7. The molecule has 5 rings (SSSR count). The van der Waals surface area contributed by atoms with E-state index >= 15 is 0 Å². The van der Waals surface area contributed by atoms with Crippen molar-refractivity contribution in [3.8, 4) is 0 Å². The van der Waals surface area contributed by atoms with E-state index in [1.165, 1.54) is 0 Å². The molecule has 3 aromatic rings. The summed E-state index contributed by atoms with van der Waals surface area (Å²) >= 11 is 6.25. The van der Waals surface area contributed by atoms with E-state index in [-0.39, 0.29) is 16.9 Å². The van der Waals surface area contributed by atoms with Crippen LogP contribution in [0.15, 0.2) is 77.7 Å². The summed E-state index contributed by atoms with van der Waals surface area (Å²) in [6, 6.07) is 19.2. The van der Waals surface area contributed by atoms with E-state index < -0.39 is 10.0 Å². The van der Waals surface area contributed by atoms with Gasteiger partial charge in [-0.2, -0.15) is 0 Å². The van der Waals surface area contributed by atoms with Gasteiger partial charge in [-0.05, 0) is 84.8 Å². The summed E-state index contributed by atoms with van der Waals surface area (Å²) in [5, 5.41) is 4.36. The van der Waals surface area contributed by atoms with Gasteiger partial charge in [-0.25, -0.2) is 8.42 Å². The third-order valence-corrected chi connectivity index (χ3v) is 8.09. The van der Waals surface area contributed by atoms with Crippen LogP contribution in [-0.2, 0) is 10.0 Å². The van der Waals surface area contributed by atoms with E-state index in [0.29, 0.717) is 11.6 Å². The highest BCUT2D eigenvalue weighted by Gasteiger charge is 2.38. The molecule has 3 unspecified atom stereocenters. The molecule has 2 N–H and O–H groups in total. The second kappa shape index (κ2) is 7.98. The topological polar surface area (TPSA) is 58.2 Å². The van der Waals surface area contributed by atoms with Gasteiger partial charge in [0.1, 0.15) is 0 Å². The van der Waals surface area contributed by atoms with Crippen LogP contribution in [0.25, 0.3) is 0 Å². The lowest BCUT2D eigenvalue weighted by atomic mass is 9.77. The highest BCUT2D eigenvalue weighted by Crippen LogP contribution is 2.50. The van der Waals surface area contributed by atoms with E-state index in [1.54, 1.807) is 6.07 Å². The van der Waals surface area contributed by atoms with Crippen molar-refractivity contribution in [3.05, 3.63) is 100 Å². The summed E-state index contributed by atoms with van der Waals surface area (Å²) in [6.45, 7) is 3.85. The second-order valence-electron chi connectivity index (χ2n) is 8.70. The van der Waals surface area contributed by atoms with E-state index in [2.05, 4.69) is 28.3 Å². The monoisotopic (exact) mass is 464 g/mol. The van der Waals surface area contributed by atoms with Crippen molar-refractivity contribution in [2.24, 2.45) is 5.92 Å². The van der Waals surface area contributed by atoms with Crippen LogP contribution in [0.2, 0.25) is 5.02 Å². The molecule has 0 aromatic heterocycles. The van der Waals surface area contributed by atoms with Crippen LogP contribution in [0.1, 0.15) is 40.6 Å². The maximum atomic E-state index is 13.2. The number of nitrogens with one attached hydrogen (secondary N) is 2. The van der Waals surface area contributed by atoms with Gasteiger partial charge in [0.05, 0.1) is 16.6 Å². The molecule has 2 aliphatic rings. The number of sulfonamides is 1. The lowest BCUT2D eigenvalue weighted by molar-refractivity contribution is 0.425. The Labute approximate surface area is 194 Å². The molecule has 0 fully saturated rings. The summed E-state index contributed by atoms with van der Waals surface area (Å²) in [6.07, 6.45) is 5.33. The fourth-order valence-corrected chi connectivity index (χ4v) is 6.17. The Hall–Kier alpha value is -2.76. The number of fused-ring (bicyclic) bond motifs is 3. The lowest BCUT2D eigenvalue weighted by Gasteiger charge is -2.37. The molecule has 6 heteroatoms. The zero-order chi connectivity index (χ0) is 22.5. The molecule has 0 saturated heterocycles. The Kier molecular flexibility index (Phi) is 5.26. The first-order chi connectivity index (χ1) is 15.3. The first kappa shape index (κ1) is 21.1. The molecule has 1 aliphatic carbocycles. The van der Waals surface area contributed by atoms with Gasteiger partial charge in [0.25, 0.3) is 10.0 Å². The molecule has 3 aromatic carbocycles. The Morgan fingerprint density at radius 3 is 2.69 bits per heavy atom. The number of benzene rings is 3. The minimum absolute atomic E-state index is 0.122. The van der Waals surface area contributed by atoms with Gasteiger partial charge >= 0.3 is 0 Å². The average molecular weight is 465 g/mol. The first-order valence-corrected chi connectivity index (χ1v) is 12.6. The highest BCUT2D eigenvalue weighted by atomic mass is 35.5. The van der Waals surface area contributed by atoms with Crippen LogP contribution < -0.4 is 10.0 Å². The standard InChI is InChI=1S/C26H25ClN2O2S/c1-16-9-10-17(2)25(13-16)29-32(30,31)20-11-12-24-23(15-20)21-7-4-8-22(21)26(28-24)18-5-3-6-19(27)14-18/h3-7,9-15,21-22,26,28-29H,8H2,1-2H3. The zero-order valence-corrected chi connectivity index (χ0v) is 19.5. The maximum absolute atomic E-state index is 13.2. The Morgan fingerprint density at radius 2 is 1.88 bits per heavy atom. The van der Waals surface area contributed by atoms with Gasteiger partial charge in [0.2, 0.25) is 0 Å². The Morgan fingerprint density at radius 1 is 1.03 bits per heavy atom. The second-order valence-corrected chi connectivity index (χ2v) is 10.8. The normalized spacial score (nSPS) is 21.5. The molecule has 0 bridgehead atoms. The lowest BCUT2D eigenvalue weighted by Crippen LogP contribution is -2.29. The number of hydrogen-bond acceptors (Lipinski definition) is 3. The van der Waals surface area contributed by atoms with Crippen molar-refractivity contribution in [2.45, 2.75) is 37.1 Å². The molecule has 32 heavy (non-hydrogen) atoms. The van der Waals surface area contributed by atoms with Gasteiger partial charge in [-0.15, -0.1) is 0 Å². The third-order valence-electron chi connectivity index (χ3n) is 6.49. The molecule has 0 saturated carbocycles. The van der Waals surface area contributed by atoms with Gasteiger partial charge in [0, 0.05) is 16.6 Å². The molecule has 1 aliphatic heterocycles. The van der Waals surface area contributed by atoms with Crippen molar-refractivity contribution >= 4 is 33.0 Å². The number of halogens is 1. The summed E-state index contributed by atoms with van der Waals surface area (Å²) in [5.41, 5.74) is 5.64. The predicted octanol–water partition coefficient (Wildman–Crippen LogP) is 6.58. The largest absolute Gasteiger partial charge is 0.378 e. The van der Waals surface area contributed by atoms with E-state index in [1.807, 2.05) is 62.4 Å². The molecule has 3 atom stereocenters. The average Bonchev–Trinajstić information content (AvgIpc) is 3.25. The zero-order valence-electron chi connectivity index (χ0n) is 18.0. The van der Waals surface area contributed by atoms with Gasteiger partial charge in [-0.1, -0.05) is 48.0 Å². The van der Waals surface area contributed by atoms with Crippen LogP contribution in [0.4, 0.5) is 11.4 Å². The summed E-state index contributed by atoms with van der Waals surface area (Å²) in [4.78, 5) is 0.277. The summed E-state index contributed by atoms with van der Waals surface area (Å²) in [5.74, 6) is 0.469. The minimum atomic E-state index is -3.71. The summed E-state index contributed by atoms with van der Waals surface area (Å²) in [7, 11) is -3.71. The smallest absolute Gasteiger partial charge is 0.261 e. The van der Waals surface area contributed by atoms with Crippen molar-refractivity contribution in [3.63, 3.8) is 0 Å². The molecular formula is C26H25ClN2O2S. The fraction of sp³-hybridized carbons (Fsp3) is 0.231. The van der Waals surface area contributed by atoms with Crippen molar-refractivity contribution < 1.29 is 8.42 Å². The number of allylic oxidation sites excluding steroid dienone is 2. The molecule has 0 radical (unpaired) electrons. The van der Waals surface area contributed by atoms with E-state index in [0.717, 1.165) is 39.4 Å². The van der Waals surface area contributed by atoms with Gasteiger partial charge < -0.3 is 5.32 Å². The van der Waals surface area contributed by atoms with Crippen molar-refractivity contribution in [1.82, 2.24) is 0 Å². The predicted molar refractivity (Wildman–Crippen MR) is 131 cm³/mol. The summed E-state index contributed by atoms with van der Waals surface area (Å²) < 4.78 is 29.2. The SMILES string of the molecule is Cc1ccc(C)c(NS(=O)(=O)c2ccc3c(c2)C2C=CCC2C(c2cccc(Cl)c2)N3)c1. The van der Waals surface area contributed by atoms with Crippen LogP contribution >= 0.6 is 11.6 Å². The maximum Gasteiger partial charge on any atom is 0.261 e. The molecule has 0 amide bonds. The minimum Gasteiger partial charge on any atom is -0.378 e. The van der Waals surface area contributed by atoms with Crippen molar-refractivity contribution in [2.75, 3.05) is 10.0 Å². The van der Waals surface area contributed by atoms with Crippen LogP contribution in [0, 0.1) is 19.8 Å². The Balaban J connectivity index is 1.50.